The highest BCUT2D eigenvalue weighted by Gasteiger charge is 2.34. The molecule has 0 unspecified atom stereocenters. The number of carbonyl (C=O) groups excluding carboxylic acids is 1. The molecule has 3 aromatic carbocycles. The molecule has 1 heterocycles. The van der Waals surface area contributed by atoms with Crippen molar-refractivity contribution in [3.63, 3.8) is 0 Å². The number of rotatable bonds is 4. The van der Waals surface area contributed by atoms with Crippen molar-refractivity contribution < 1.29 is 9.53 Å². The molecule has 1 fully saturated rings. The first-order valence-electron chi connectivity index (χ1n) is 10.1. The molecule has 0 atom stereocenters. The lowest BCUT2D eigenvalue weighted by Gasteiger charge is -2.16. The maximum Gasteiger partial charge on any atom is 0.271 e. The molecule has 1 saturated heterocycles. The van der Waals surface area contributed by atoms with Crippen LogP contribution in [0.3, 0.4) is 0 Å². The van der Waals surface area contributed by atoms with Gasteiger partial charge in [0.15, 0.2) is 5.17 Å². The van der Waals surface area contributed by atoms with E-state index in [0.717, 1.165) is 33.8 Å². The van der Waals surface area contributed by atoms with Crippen LogP contribution in [0.25, 0.3) is 6.08 Å². The van der Waals surface area contributed by atoms with Gasteiger partial charge in [0.05, 0.1) is 23.4 Å². The van der Waals surface area contributed by atoms with Crippen LogP contribution in [0.2, 0.25) is 0 Å². The number of aliphatic imine (C=N–C) groups is 1. The Kier molecular flexibility index (Phi) is 5.96. The number of ether oxygens (including phenoxy) is 1. The van der Waals surface area contributed by atoms with E-state index in [9.17, 15) is 4.79 Å². The van der Waals surface area contributed by atoms with E-state index in [0.29, 0.717) is 10.1 Å². The Morgan fingerprint density at radius 1 is 0.903 bits per heavy atom. The normalized spacial score (nSPS) is 16.4. The number of methoxy groups -OCH3 is 1. The SMILES string of the molecule is COc1cc(/C=C2/SC(=Nc3ccc(C)cc3)N(c3ccc(C)cc3)C2=O)ccc1C. The summed E-state index contributed by atoms with van der Waals surface area (Å²) in [5.74, 6) is 0.716. The van der Waals surface area contributed by atoms with Gasteiger partial charge in [0, 0.05) is 0 Å². The van der Waals surface area contributed by atoms with Gasteiger partial charge in [-0.1, -0.05) is 47.5 Å². The molecule has 4 rings (SSSR count). The maximum atomic E-state index is 13.4. The second-order valence-electron chi connectivity index (χ2n) is 7.55. The molecule has 4 nitrogen and oxygen atoms in total. The van der Waals surface area contributed by atoms with Gasteiger partial charge in [0.1, 0.15) is 5.75 Å². The Balaban J connectivity index is 1.76. The van der Waals surface area contributed by atoms with E-state index in [-0.39, 0.29) is 5.91 Å². The lowest BCUT2D eigenvalue weighted by molar-refractivity contribution is -0.113. The molecule has 156 valence electrons. The van der Waals surface area contributed by atoms with Crippen molar-refractivity contribution in [2.45, 2.75) is 20.8 Å². The molecule has 0 saturated carbocycles. The van der Waals surface area contributed by atoms with E-state index >= 15 is 0 Å². The van der Waals surface area contributed by atoms with Crippen LogP contribution in [-0.2, 0) is 4.79 Å². The number of thioether (sulfide) groups is 1. The van der Waals surface area contributed by atoms with Gasteiger partial charge in [-0.3, -0.25) is 9.69 Å². The van der Waals surface area contributed by atoms with E-state index in [1.165, 1.54) is 17.3 Å². The van der Waals surface area contributed by atoms with Gasteiger partial charge in [-0.2, -0.15) is 0 Å². The van der Waals surface area contributed by atoms with Crippen molar-refractivity contribution >= 4 is 40.3 Å². The number of hydrogen-bond acceptors (Lipinski definition) is 4. The Bertz CT molecular complexity index is 1180. The number of benzene rings is 3. The second-order valence-corrected chi connectivity index (χ2v) is 8.55. The molecule has 3 aromatic rings. The third-order valence-electron chi connectivity index (χ3n) is 5.09. The first-order chi connectivity index (χ1) is 14.9. The molecule has 1 aliphatic rings. The molecule has 0 radical (unpaired) electrons. The van der Waals surface area contributed by atoms with E-state index in [4.69, 9.17) is 9.73 Å². The monoisotopic (exact) mass is 428 g/mol. The highest BCUT2D eigenvalue weighted by molar-refractivity contribution is 8.19. The van der Waals surface area contributed by atoms with Gasteiger partial charge < -0.3 is 4.74 Å². The van der Waals surface area contributed by atoms with Gasteiger partial charge >= 0.3 is 0 Å². The Labute approximate surface area is 187 Å². The number of carbonyl (C=O) groups is 1. The number of hydrogen-bond donors (Lipinski definition) is 0. The lowest BCUT2D eigenvalue weighted by atomic mass is 10.1. The summed E-state index contributed by atoms with van der Waals surface area (Å²) in [5, 5.41) is 0.642. The summed E-state index contributed by atoms with van der Waals surface area (Å²) in [6.07, 6.45) is 1.90. The molecule has 1 aliphatic heterocycles. The van der Waals surface area contributed by atoms with Crippen molar-refractivity contribution in [1.29, 1.82) is 0 Å². The minimum Gasteiger partial charge on any atom is -0.496 e. The summed E-state index contributed by atoms with van der Waals surface area (Å²) in [6.45, 7) is 6.07. The second kappa shape index (κ2) is 8.82. The number of aryl methyl sites for hydroxylation is 3. The molecular weight excluding hydrogens is 404 g/mol. The predicted molar refractivity (Wildman–Crippen MR) is 130 cm³/mol. The zero-order valence-corrected chi connectivity index (χ0v) is 18.9. The first-order valence-corrected chi connectivity index (χ1v) is 10.9. The van der Waals surface area contributed by atoms with E-state index < -0.39 is 0 Å². The van der Waals surface area contributed by atoms with Crippen LogP contribution < -0.4 is 9.64 Å². The summed E-state index contributed by atoms with van der Waals surface area (Å²) >= 11 is 1.38. The maximum absolute atomic E-state index is 13.4. The fourth-order valence-corrected chi connectivity index (χ4v) is 4.28. The zero-order valence-electron chi connectivity index (χ0n) is 18.0. The van der Waals surface area contributed by atoms with Gasteiger partial charge in [0.25, 0.3) is 5.91 Å². The smallest absolute Gasteiger partial charge is 0.271 e. The highest BCUT2D eigenvalue weighted by Crippen LogP contribution is 2.37. The number of amidine groups is 1. The average molecular weight is 429 g/mol. The molecule has 0 aliphatic carbocycles. The molecule has 31 heavy (non-hydrogen) atoms. The molecule has 0 N–H and O–H groups in total. The van der Waals surface area contributed by atoms with Gasteiger partial charge in [0.2, 0.25) is 0 Å². The van der Waals surface area contributed by atoms with E-state index in [2.05, 4.69) is 0 Å². The topological polar surface area (TPSA) is 41.9 Å². The zero-order chi connectivity index (χ0) is 22.0. The Hall–Kier alpha value is -3.31. The largest absolute Gasteiger partial charge is 0.496 e. The van der Waals surface area contributed by atoms with Crippen molar-refractivity contribution in [2.75, 3.05) is 12.0 Å². The molecule has 5 heteroatoms. The van der Waals surface area contributed by atoms with Crippen molar-refractivity contribution in [2.24, 2.45) is 4.99 Å². The van der Waals surface area contributed by atoms with Crippen molar-refractivity contribution in [3.05, 3.63) is 93.9 Å². The van der Waals surface area contributed by atoms with Crippen LogP contribution in [0, 0.1) is 20.8 Å². The van der Waals surface area contributed by atoms with Crippen molar-refractivity contribution in [1.82, 2.24) is 0 Å². The molecule has 0 bridgehead atoms. The number of anilines is 1. The highest BCUT2D eigenvalue weighted by atomic mass is 32.2. The Morgan fingerprint density at radius 3 is 2.19 bits per heavy atom. The summed E-state index contributed by atoms with van der Waals surface area (Å²) in [6, 6.07) is 21.8. The van der Waals surface area contributed by atoms with Crippen LogP contribution in [0.5, 0.6) is 5.75 Å². The van der Waals surface area contributed by atoms with Gasteiger partial charge in [-0.05, 0) is 80.1 Å². The van der Waals surface area contributed by atoms with Crippen LogP contribution >= 0.6 is 11.8 Å². The van der Waals surface area contributed by atoms with Crippen LogP contribution in [0.1, 0.15) is 22.3 Å². The van der Waals surface area contributed by atoms with E-state index in [1.807, 2.05) is 93.6 Å². The van der Waals surface area contributed by atoms with E-state index in [1.54, 1.807) is 12.0 Å². The standard InChI is InChI=1S/C26H24N2O2S/c1-17-5-11-21(12-6-17)27-26-28(22-13-7-18(2)8-14-22)25(29)24(31-26)16-20-10-9-19(3)23(15-20)30-4/h5-16H,1-4H3/b24-16+,27-26?. The third kappa shape index (κ3) is 4.57. The molecule has 0 aromatic heterocycles. The average Bonchev–Trinajstić information content (AvgIpc) is 3.06. The van der Waals surface area contributed by atoms with Gasteiger partial charge in [-0.15, -0.1) is 0 Å². The summed E-state index contributed by atoms with van der Waals surface area (Å²) in [4.78, 5) is 20.5. The molecule has 1 amide bonds. The number of nitrogens with zero attached hydrogens (tertiary/aromatic N) is 2. The first kappa shape index (κ1) is 20.9. The quantitative estimate of drug-likeness (QED) is 0.450. The predicted octanol–water partition coefficient (Wildman–Crippen LogP) is 6.43. The molecule has 0 spiro atoms. The third-order valence-corrected chi connectivity index (χ3v) is 6.06. The van der Waals surface area contributed by atoms with Crippen LogP contribution in [0.15, 0.2) is 76.6 Å². The molecular formula is C26H24N2O2S. The fraction of sp³-hybridized carbons (Fsp3) is 0.154. The van der Waals surface area contributed by atoms with Crippen molar-refractivity contribution in [3.8, 4) is 5.75 Å². The van der Waals surface area contributed by atoms with Crippen LogP contribution in [0.4, 0.5) is 11.4 Å². The summed E-state index contributed by atoms with van der Waals surface area (Å²) < 4.78 is 5.43. The minimum atomic E-state index is -0.0840. The minimum absolute atomic E-state index is 0.0840. The van der Waals surface area contributed by atoms with Crippen LogP contribution in [-0.4, -0.2) is 18.2 Å². The summed E-state index contributed by atoms with van der Waals surface area (Å²) in [5.41, 5.74) is 5.90. The summed E-state index contributed by atoms with van der Waals surface area (Å²) in [7, 11) is 1.65. The van der Waals surface area contributed by atoms with Gasteiger partial charge in [-0.25, -0.2) is 4.99 Å². The lowest BCUT2D eigenvalue weighted by Crippen LogP contribution is -2.28. The Morgan fingerprint density at radius 2 is 1.55 bits per heavy atom. The number of amides is 1. The fourth-order valence-electron chi connectivity index (χ4n) is 3.28.